The predicted molar refractivity (Wildman–Crippen MR) is 67.1 cm³/mol. The Morgan fingerprint density at radius 1 is 1.06 bits per heavy atom. The Kier molecular flexibility index (Phi) is 6.91. The van der Waals surface area contributed by atoms with Crippen molar-refractivity contribution < 1.29 is 23.8 Å². The fourth-order valence-corrected chi connectivity index (χ4v) is 1.07. The molecule has 0 aromatic rings. The average molecular weight is 260 g/mol. The number of ether oxygens (including phenoxy) is 3. The van der Waals surface area contributed by atoms with Crippen molar-refractivity contribution >= 4 is 11.9 Å². The molecule has 5 nitrogen and oxygen atoms in total. The maximum absolute atomic E-state index is 11.5. The first kappa shape index (κ1) is 16.9. The molecule has 0 amide bonds. The molecule has 0 bridgehead atoms. The molecule has 2 unspecified atom stereocenters. The van der Waals surface area contributed by atoms with Crippen LogP contribution in [0.2, 0.25) is 0 Å². The second kappa shape index (κ2) is 7.36. The molecule has 0 aliphatic carbocycles. The number of rotatable bonds is 6. The maximum Gasteiger partial charge on any atom is 0.311 e. The topological polar surface area (TPSA) is 61.8 Å². The minimum absolute atomic E-state index is 0.197. The summed E-state index contributed by atoms with van der Waals surface area (Å²) in [6, 6.07) is 0. The van der Waals surface area contributed by atoms with E-state index in [4.69, 9.17) is 14.2 Å². The number of hydrogen-bond acceptors (Lipinski definition) is 5. The first-order valence-corrected chi connectivity index (χ1v) is 6.09. The quantitative estimate of drug-likeness (QED) is 0.683. The van der Waals surface area contributed by atoms with Crippen LogP contribution in [0.25, 0.3) is 0 Å². The predicted octanol–water partition coefficient (Wildman–Crippen LogP) is 1.93. The lowest BCUT2D eigenvalue weighted by atomic mass is 9.97. The summed E-state index contributed by atoms with van der Waals surface area (Å²) in [7, 11) is 0. The number of hydrogen-bond donors (Lipinski definition) is 0. The molecule has 0 saturated carbocycles. The molecule has 0 fully saturated rings. The Morgan fingerprint density at radius 3 is 2.06 bits per heavy atom. The van der Waals surface area contributed by atoms with Gasteiger partial charge in [-0.1, -0.05) is 0 Å². The summed E-state index contributed by atoms with van der Waals surface area (Å²) in [6.07, 6.45) is -0.530. The minimum Gasteiger partial charge on any atom is -0.463 e. The SMILES string of the molecule is CC(=O)OC(C)COC(C)COC(=O)C(C)(C)C. The van der Waals surface area contributed by atoms with Crippen LogP contribution in [0, 0.1) is 5.41 Å². The van der Waals surface area contributed by atoms with E-state index < -0.39 is 5.41 Å². The zero-order valence-electron chi connectivity index (χ0n) is 12.1. The van der Waals surface area contributed by atoms with Gasteiger partial charge in [-0.3, -0.25) is 9.59 Å². The monoisotopic (exact) mass is 260 g/mol. The lowest BCUT2D eigenvalue weighted by Gasteiger charge is -2.20. The molecule has 0 rings (SSSR count). The van der Waals surface area contributed by atoms with Gasteiger partial charge >= 0.3 is 11.9 Å². The second-order valence-electron chi connectivity index (χ2n) is 5.41. The third-order valence-corrected chi connectivity index (χ3v) is 2.04. The minimum atomic E-state index is -0.509. The van der Waals surface area contributed by atoms with Crippen LogP contribution in [0.1, 0.15) is 41.5 Å². The van der Waals surface area contributed by atoms with Gasteiger partial charge in [0.25, 0.3) is 0 Å². The first-order valence-electron chi connectivity index (χ1n) is 6.09. The molecule has 0 aromatic carbocycles. The van der Waals surface area contributed by atoms with E-state index in [0.717, 1.165) is 0 Å². The standard InChI is InChI=1S/C13H24O5/c1-9(7-17-12(15)13(4,5)6)16-8-10(2)18-11(3)14/h9-10H,7-8H2,1-6H3. The summed E-state index contributed by atoms with van der Waals surface area (Å²) in [5, 5.41) is 0. The molecule has 2 atom stereocenters. The highest BCUT2D eigenvalue weighted by Crippen LogP contribution is 2.15. The first-order chi connectivity index (χ1) is 8.12. The van der Waals surface area contributed by atoms with Gasteiger partial charge in [0.2, 0.25) is 0 Å². The normalized spacial score (nSPS) is 14.8. The lowest BCUT2D eigenvalue weighted by Crippen LogP contribution is -2.29. The van der Waals surface area contributed by atoms with Gasteiger partial charge in [0.15, 0.2) is 0 Å². The van der Waals surface area contributed by atoms with Crippen LogP contribution in [-0.2, 0) is 23.8 Å². The van der Waals surface area contributed by atoms with Gasteiger partial charge in [-0.05, 0) is 34.6 Å². The molecule has 0 heterocycles. The molecule has 0 saturated heterocycles. The maximum atomic E-state index is 11.5. The summed E-state index contributed by atoms with van der Waals surface area (Å²) in [5.74, 6) is -0.594. The van der Waals surface area contributed by atoms with E-state index in [1.54, 1.807) is 34.6 Å². The van der Waals surface area contributed by atoms with Crippen LogP contribution in [0.3, 0.4) is 0 Å². The average Bonchev–Trinajstić information content (AvgIpc) is 2.20. The Labute approximate surface area is 109 Å². The van der Waals surface area contributed by atoms with Crippen LogP contribution < -0.4 is 0 Å². The fraction of sp³-hybridized carbons (Fsp3) is 0.846. The van der Waals surface area contributed by atoms with E-state index in [1.165, 1.54) is 6.92 Å². The van der Waals surface area contributed by atoms with Crippen LogP contribution in [-0.4, -0.2) is 37.4 Å². The molecule has 0 aliphatic rings. The third kappa shape index (κ3) is 8.06. The van der Waals surface area contributed by atoms with Crippen molar-refractivity contribution in [3.8, 4) is 0 Å². The van der Waals surface area contributed by atoms with Crippen molar-refractivity contribution in [2.45, 2.75) is 53.8 Å². The van der Waals surface area contributed by atoms with Crippen molar-refractivity contribution in [1.82, 2.24) is 0 Å². The third-order valence-electron chi connectivity index (χ3n) is 2.04. The van der Waals surface area contributed by atoms with Gasteiger partial charge in [-0.15, -0.1) is 0 Å². The van der Waals surface area contributed by atoms with Gasteiger partial charge in [0, 0.05) is 6.92 Å². The number of carbonyl (C=O) groups excluding carboxylic acids is 2. The molecule has 5 heteroatoms. The van der Waals surface area contributed by atoms with E-state index in [0.29, 0.717) is 0 Å². The van der Waals surface area contributed by atoms with Gasteiger partial charge in [-0.25, -0.2) is 0 Å². The molecular weight excluding hydrogens is 236 g/mol. The van der Waals surface area contributed by atoms with Crippen molar-refractivity contribution in [3.05, 3.63) is 0 Å². The van der Waals surface area contributed by atoms with E-state index in [2.05, 4.69) is 0 Å². The van der Waals surface area contributed by atoms with Crippen molar-refractivity contribution in [3.63, 3.8) is 0 Å². The molecule has 0 aliphatic heterocycles. The second-order valence-corrected chi connectivity index (χ2v) is 5.41. The summed E-state index contributed by atoms with van der Waals surface area (Å²) in [6.45, 7) is 10.8. The van der Waals surface area contributed by atoms with Crippen molar-refractivity contribution in [2.24, 2.45) is 5.41 Å². The summed E-state index contributed by atoms with van der Waals surface area (Å²) in [4.78, 5) is 22.2. The molecule has 0 N–H and O–H groups in total. The zero-order valence-corrected chi connectivity index (χ0v) is 12.1. The molecule has 0 spiro atoms. The molecule has 106 valence electrons. The summed E-state index contributed by atoms with van der Waals surface area (Å²) in [5.41, 5.74) is -0.509. The molecular formula is C13H24O5. The van der Waals surface area contributed by atoms with E-state index in [1.807, 2.05) is 0 Å². The van der Waals surface area contributed by atoms with E-state index in [-0.39, 0.29) is 37.4 Å². The van der Waals surface area contributed by atoms with Gasteiger partial charge < -0.3 is 14.2 Å². The summed E-state index contributed by atoms with van der Waals surface area (Å²) >= 11 is 0. The highest BCUT2D eigenvalue weighted by atomic mass is 16.6. The zero-order chi connectivity index (χ0) is 14.3. The van der Waals surface area contributed by atoms with Crippen LogP contribution in [0.5, 0.6) is 0 Å². The van der Waals surface area contributed by atoms with E-state index in [9.17, 15) is 9.59 Å². The van der Waals surface area contributed by atoms with Crippen LogP contribution >= 0.6 is 0 Å². The van der Waals surface area contributed by atoms with Crippen molar-refractivity contribution in [1.29, 1.82) is 0 Å². The highest BCUT2D eigenvalue weighted by Gasteiger charge is 2.23. The molecule has 18 heavy (non-hydrogen) atoms. The Bertz CT molecular complexity index is 280. The Balaban J connectivity index is 3.82. The van der Waals surface area contributed by atoms with E-state index >= 15 is 0 Å². The largest absolute Gasteiger partial charge is 0.463 e. The van der Waals surface area contributed by atoms with Gasteiger partial charge in [-0.2, -0.15) is 0 Å². The number of carbonyl (C=O) groups is 2. The molecule has 0 aromatic heterocycles. The van der Waals surface area contributed by atoms with Gasteiger partial charge in [0.1, 0.15) is 12.7 Å². The highest BCUT2D eigenvalue weighted by molar-refractivity contribution is 5.75. The van der Waals surface area contributed by atoms with Crippen molar-refractivity contribution in [2.75, 3.05) is 13.2 Å². The lowest BCUT2D eigenvalue weighted by molar-refractivity contribution is -0.158. The number of esters is 2. The fourth-order valence-electron chi connectivity index (χ4n) is 1.07. The Morgan fingerprint density at radius 2 is 1.61 bits per heavy atom. The van der Waals surface area contributed by atoms with Gasteiger partial charge in [0.05, 0.1) is 18.1 Å². The van der Waals surface area contributed by atoms with Crippen LogP contribution in [0.4, 0.5) is 0 Å². The Hall–Kier alpha value is -1.10. The molecule has 0 radical (unpaired) electrons. The van der Waals surface area contributed by atoms with Crippen LogP contribution in [0.15, 0.2) is 0 Å². The summed E-state index contributed by atoms with van der Waals surface area (Å²) < 4.78 is 15.4. The smallest absolute Gasteiger partial charge is 0.311 e.